The lowest BCUT2D eigenvalue weighted by Gasteiger charge is -2.41. The van der Waals surface area contributed by atoms with Gasteiger partial charge in [0.1, 0.15) is 0 Å². The smallest absolute Gasteiger partial charge is 0.227 e. The normalized spacial score (nSPS) is 18.8. The molecule has 0 bridgehead atoms. The van der Waals surface area contributed by atoms with Gasteiger partial charge in [0.2, 0.25) is 5.91 Å². The van der Waals surface area contributed by atoms with E-state index in [1.165, 1.54) is 5.56 Å². The van der Waals surface area contributed by atoms with E-state index < -0.39 is 0 Å². The molecule has 2 heterocycles. The van der Waals surface area contributed by atoms with E-state index in [2.05, 4.69) is 36.7 Å². The van der Waals surface area contributed by atoms with Crippen LogP contribution >= 0.6 is 0 Å². The van der Waals surface area contributed by atoms with E-state index in [9.17, 15) is 4.79 Å². The molecule has 4 nitrogen and oxygen atoms in total. The molecule has 0 spiro atoms. The van der Waals surface area contributed by atoms with Crippen molar-refractivity contribution in [3.63, 3.8) is 0 Å². The van der Waals surface area contributed by atoms with Gasteiger partial charge in [-0.05, 0) is 37.7 Å². The molecule has 0 unspecified atom stereocenters. The van der Waals surface area contributed by atoms with Crippen LogP contribution in [0.25, 0.3) is 0 Å². The zero-order chi connectivity index (χ0) is 16.5. The van der Waals surface area contributed by atoms with E-state index in [0.29, 0.717) is 5.92 Å². The summed E-state index contributed by atoms with van der Waals surface area (Å²) in [5.74, 6) is 0.909. The molecule has 0 aromatic carbocycles. The van der Waals surface area contributed by atoms with Crippen LogP contribution in [-0.4, -0.2) is 33.7 Å². The lowest BCUT2D eigenvalue weighted by atomic mass is 9.87. The van der Waals surface area contributed by atoms with E-state index in [4.69, 9.17) is 0 Å². The Bertz CT molecular complexity index is 517. The second-order valence-electron chi connectivity index (χ2n) is 8.43. The predicted octanol–water partition coefficient (Wildman–Crippen LogP) is 3.47. The second kappa shape index (κ2) is 6.05. The summed E-state index contributed by atoms with van der Waals surface area (Å²) in [6.07, 6.45) is 7.21. The van der Waals surface area contributed by atoms with Crippen LogP contribution in [0.2, 0.25) is 0 Å². The van der Waals surface area contributed by atoms with Crippen molar-refractivity contribution in [3.8, 4) is 0 Å². The predicted molar refractivity (Wildman–Crippen MR) is 89.7 cm³/mol. The van der Waals surface area contributed by atoms with Gasteiger partial charge in [-0.2, -0.15) is 5.10 Å². The van der Waals surface area contributed by atoms with E-state index in [1.54, 1.807) is 0 Å². The van der Waals surface area contributed by atoms with E-state index >= 15 is 0 Å². The van der Waals surface area contributed by atoms with Crippen molar-refractivity contribution in [1.82, 2.24) is 14.7 Å². The first-order valence-corrected chi connectivity index (χ1v) is 8.45. The van der Waals surface area contributed by atoms with Crippen LogP contribution in [0.1, 0.15) is 59.9 Å². The Kier molecular flexibility index (Phi) is 4.69. The molecule has 1 aliphatic rings. The summed E-state index contributed by atoms with van der Waals surface area (Å²) in [5, 5.41) is 4.60. The number of likely N-dealkylation sites (tertiary alicyclic amines) is 1. The molecular formula is C18H31N3O. The molecule has 124 valence electrons. The van der Waals surface area contributed by atoms with Gasteiger partial charge in [-0.15, -0.1) is 0 Å². The topological polar surface area (TPSA) is 38.1 Å². The van der Waals surface area contributed by atoms with Gasteiger partial charge in [0.25, 0.3) is 0 Å². The van der Waals surface area contributed by atoms with Crippen LogP contribution in [0.4, 0.5) is 0 Å². The first-order valence-electron chi connectivity index (χ1n) is 8.45. The summed E-state index contributed by atoms with van der Waals surface area (Å²) < 4.78 is 2.13. The molecule has 1 saturated heterocycles. The summed E-state index contributed by atoms with van der Waals surface area (Å²) in [6, 6.07) is 0. The second-order valence-corrected chi connectivity index (χ2v) is 8.43. The number of hydrogen-bond donors (Lipinski definition) is 0. The largest absolute Gasteiger partial charge is 0.342 e. The summed E-state index contributed by atoms with van der Waals surface area (Å²) >= 11 is 0. The number of carbonyl (C=O) groups excluding carboxylic acids is 1. The number of hydrogen-bond acceptors (Lipinski definition) is 2. The zero-order valence-corrected chi connectivity index (χ0v) is 15.0. The Morgan fingerprint density at radius 3 is 2.41 bits per heavy atom. The maximum atomic E-state index is 12.4. The van der Waals surface area contributed by atoms with Gasteiger partial charge in [0.05, 0.1) is 11.7 Å². The molecular weight excluding hydrogens is 274 g/mol. The van der Waals surface area contributed by atoms with Gasteiger partial charge in [0.15, 0.2) is 0 Å². The fourth-order valence-corrected chi connectivity index (χ4v) is 3.13. The zero-order valence-electron chi connectivity index (χ0n) is 15.0. The highest BCUT2D eigenvalue weighted by molar-refractivity contribution is 5.81. The Morgan fingerprint density at radius 2 is 1.91 bits per heavy atom. The lowest BCUT2D eigenvalue weighted by Crippen LogP contribution is -2.49. The lowest BCUT2D eigenvalue weighted by molar-refractivity contribution is -0.141. The summed E-state index contributed by atoms with van der Waals surface area (Å²) in [4.78, 5) is 14.4. The van der Waals surface area contributed by atoms with Crippen molar-refractivity contribution < 1.29 is 4.79 Å². The first-order chi connectivity index (χ1) is 10.1. The molecule has 1 aliphatic heterocycles. The van der Waals surface area contributed by atoms with Gasteiger partial charge >= 0.3 is 0 Å². The minimum Gasteiger partial charge on any atom is -0.342 e. The van der Waals surface area contributed by atoms with Gasteiger partial charge in [0, 0.05) is 24.7 Å². The SMILES string of the molecule is CC(C)Cc1cnn(C2(C)CCN(C(=O)C(C)(C)C)CC2)c1. The third-order valence-corrected chi connectivity index (χ3v) is 4.60. The minimum atomic E-state index is -0.288. The van der Waals surface area contributed by atoms with Crippen LogP contribution in [0.5, 0.6) is 0 Å². The molecule has 1 aromatic heterocycles. The molecule has 2 rings (SSSR count). The average molecular weight is 305 g/mol. The van der Waals surface area contributed by atoms with Gasteiger partial charge in [-0.1, -0.05) is 34.6 Å². The maximum absolute atomic E-state index is 12.4. The summed E-state index contributed by atoms with van der Waals surface area (Å²) in [7, 11) is 0. The molecule has 0 atom stereocenters. The fraction of sp³-hybridized carbons (Fsp3) is 0.778. The molecule has 4 heteroatoms. The number of aromatic nitrogens is 2. The molecule has 0 saturated carbocycles. The van der Waals surface area contributed by atoms with Crippen molar-refractivity contribution in [2.45, 2.75) is 66.3 Å². The fourth-order valence-electron chi connectivity index (χ4n) is 3.13. The third-order valence-electron chi connectivity index (χ3n) is 4.60. The van der Waals surface area contributed by atoms with E-state index in [0.717, 1.165) is 32.4 Å². The monoisotopic (exact) mass is 305 g/mol. The quantitative estimate of drug-likeness (QED) is 0.857. The van der Waals surface area contributed by atoms with Crippen LogP contribution in [0.15, 0.2) is 12.4 Å². The van der Waals surface area contributed by atoms with Crippen molar-refractivity contribution in [2.75, 3.05) is 13.1 Å². The Hall–Kier alpha value is -1.32. The van der Waals surface area contributed by atoms with Gasteiger partial charge in [-0.25, -0.2) is 0 Å². The van der Waals surface area contributed by atoms with Crippen LogP contribution in [0.3, 0.4) is 0 Å². The Balaban J connectivity index is 2.02. The standard InChI is InChI=1S/C18H31N3O/c1-14(2)11-15-12-19-21(13-15)18(6)7-9-20(10-8-18)16(22)17(3,4)5/h12-14H,7-11H2,1-6H3. The van der Waals surface area contributed by atoms with Crippen molar-refractivity contribution >= 4 is 5.91 Å². The van der Waals surface area contributed by atoms with Crippen LogP contribution in [0, 0.1) is 11.3 Å². The molecule has 0 radical (unpaired) electrons. The molecule has 22 heavy (non-hydrogen) atoms. The van der Waals surface area contributed by atoms with Crippen LogP contribution in [-0.2, 0) is 16.8 Å². The number of carbonyl (C=O) groups is 1. The van der Waals surface area contributed by atoms with E-state index in [-0.39, 0.29) is 16.9 Å². The number of nitrogens with zero attached hydrogens (tertiary/aromatic N) is 3. The Labute approximate surface area is 134 Å². The van der Waals surface area contributed by atoms with Crippen molar-refractivity contribution in [1.29, 1.82) is 0 Å². The average Bonchev–Trinajstić information content (AvgIpc) is 2.86. The number of amides is 1. The summed E-state index contributed by atoms with van der Waals surface area (Å²) in [5.41, 5.74) is 1.05. The minimum absolute atomic E-state index is 0.0316. The Morgan fingerprint density at radius 1 is 1.32 bits per heavy atom. The molecule has 0 N–H and O–H groups in total. The van der Waals surface area contributed by atoms with Crippen molar-refractivity contribution in [3.05, 3.63) is 18.0 Å². The number of piperidine rings is 1. The van der Waals surface area contributed by atoms with Gasteiger partial charge < -0.3 is 4.90 Å². The van der Waals surface area contributed by atoms with Crippen LogP contribution < -0.4 is 0 Å². The molecule has 1 fully saturated rings. The first kappa shape index (κ1) is 17.0. The molecule has 0 aliphatic carbocycles. The molecule has 1 amide bonds. The molecule has 1 aromatic rings. The third kappa shape index (κ3) is 3.71. The van der Waals surface area contributed by atoms with E-state index in [1.807, 2.05) is 31.9 Å². The highest BCUT2D eigenvalue weighted by Gasteiger charge is 2.36. The number of rotatable bonds is 3. The highest BCUT2D eigenvalue weighted by atomic mass is 16.2. The highest BCUT2D eigenvalue weighted by Crippen LogP contribution is 2.31. The maximum Gasteiger partial charge on any atom is 0.227 e. The summed E-state index contributed by atoms with van der Waals surface area (Å²) in [6.45, 7) is 14.4. The van der Waals surface area contributed by atoms with Crippen molar-refractivity contribution in [2.24, 2.45) is 11.3 Å². The van der Waals surface area contributed by atoms with Gasteiger partial charge in [-0.3, -0.25) is 9.48 Å².